The summed E-state index contributed by atoms with van der Waals surface area (Å²) in [7, 11) is 2.23. The lowest BCUT2D eigenvalue weighted by Gasteiger charge is -2.28. The molecule has 0 N–H and O–H groups in total. The summed E-state index contributed by atoms with van der Waals surface area (Å²) in [6, 6.07) is 0. The molecule has 8 heavy (non-hydrogen) atoms. The Morgan fingerprint density at radius 1 is 1.12 bits per heavy atom. The van der Waals surface area contributed by atoms with Gasteiger partial charge in [-0.3, -0.25) is 0 Å². The van der Waals surface area contributed by atoms with Crippen molar-refractivity contribution in [1.82, 2.24) is 4.90 Å². The van der Waals surface area contributed by atoms with E-state index in [1.54, 1.807) is 0 Å². The zero-order valence-corrected chi connectivity index (χ0v) is 5.43. The van der Waals surface area contributed by atoms with Crippen LogP contribution in [0.5, 0.6) is 0 Å². The van der Waals surface area contributed by atoms with Crippen LogP contribution >= 0.6 is 0 Å². The van der Waals surface area contributed by atoms with E-state index in [1.165, 1.54) is 25.9 Å². The SMILES string of the molecule is CN1CC2CCC2C1. The Labute approximate surface area is 50.7 Å². The third-order valence-corrected chi connectivity index (χ3v) is 2.67. The smallest absolute Gasteiger partial charge is 0.000985 e. The first-order valence-corrected chi connectivity index (χ1v) is 3.55. The summed E-state index contributed by atoms with van der Waals surface area (Å²) in [4.78, 5) is 2.46. The summed E-state index contributed by atoms with van der Waals surface area (Å²) in [6.07, 6.45) is 3.02. The van der Waals surface area contributed by atoms with Gasteiger partial charge in [-0.2, -0.15) is 0 Å². The molecule has 46 valence electrons. The van der Waals surface area contributed by atoms with Crippen LogP contribution in [0.4, 0.5) is 0 Å². The third-order valence-electron chi connectivity index (χ3n) is 2.67. The first-order chi connectivity index (χ1) is 3.86. The maximum Gasteiger partial charge on any atom is 0.000985 e. The predicted molar refractivity (Wildman–Crippen MR) is 33.7 cm³/mol. The van der Waals surface area contributed by atoms with Crippen molar-refractivity contribution >= 4 is 0 Å². The highest BCUT2D eigenvalue weighted by Gasteiger charge is 2.37. The standard InChI is InChI=1S/C7H13N/c1-8-4-6-2-3-7(6)5-8/h6-7H,2-5H2,1H3. The minimum Gasteiger partial charge on any atom is -0.306 e. The predicted octanol–water partition coefficient (Wildman–Crippen LogP) is 0.958. The van der Waals surface area contributed by atoms with Gasteiger partial charge in [0.2, 0.25) is 0 Å². The molecule has 1 heterocycles. The molecule has 0 aromatic rings. The summed E-state index contributed by atoms with van der Waals surface area (Å²) in [6.45, 7) is 2.76. The Balaban J connectivity index is 2.00. The van der Waals surface area contributed by atoms with Gasteiger partial charge in [0.1, 0.15) is 0 Å². The fraction of sp³-hybridized carbons (Fsp3) is 1.00. The van der Waals surface area contributed by atoms with E-state index in [4.69, 9.17) is 0 Å². The van der Waals surface area contributed by atoms with Crippen LogP contribution in [-0.4, -0.2) is 25.0 Å². The molecule has 2 fully saturated rings. The highest BCUT2D eigenvalue weighted by atomic mass is 15.1. The van der Waals surface area contributed by atoms with E-state index >= 15 is 0 Å². The van der Waals surface area contributed by atoms with Crippen molar-refractivity contribution in [2.75, 3.05) is 20.1 Å². The number of hydrogen-bond acceptors (Lipinski definition) is 1. The van der Waals surface area contributed by atoms with Gasteiger partial charge < -0.3 is 4.90 Å². The molecule has 0 bridgehead atoms. The highest BCUT2D eigenvalue weighted by Crippen LogP contribution is 2.39. The molecule has 2 atom stereocenters. The molecule has 0 spiro atoms. The molecule has 1 aliphatic heterocycles. The molecular weight excluding hydrogens is 98.1 g/mol. The molecule has 0 radical (unpaired) electrons. The zero-order chi connectivity index (χ0) is 5.56. The van der Waals surface area contributed by atoms with E-state index in [2.05, 4.69) is 11.9 Å². The summed E-state index contributed by atoms with van der Waals surface area (Å²) < 4.78 is 0. The van der Waals surface area contributed by atoms with Crippen molar-refractivity contribution in [1.29, 1.82) is 0 Å². The number of rotatable bonds is 0. The van der Waals surface area contributed by atoms with Crippen molar-refractivity contribution in [2.45, 2.75) is 12.8 Å². The molecule has 2 unspecified atom stereocenters. The van der Waals surface area contributed by atoms with Crippen LogP contribution in [-0.2, 0) is 0 Å². The molecule has 0 amide bonds. The van der Waals surface area contributed by atoms with Gasteiger partial charge in [0.25, 0.3) is 0 Å². The van der Waals surface area contributed by atoms with Crippen LogP contribution in [0.3, 0.4) is 0 Å². The largest absolute Gasteiger partial charge is 0.306 e. The minimum atomic E-state index is 1.10. The zero-order valence-electron chi connectivity index (χ0n) is 5.43. The second-order valence-electron chi connectivity index (χ2n) is 3.32. The Morgan fingerprint density at radius 2 is 1.62 bits per heavy atom. The fourth-order valence-corrected chi connectivity index (χ4v) is 1.99. The lowest BCUT2D eigenvalue weighted by molar-refractivity contribution is 0.243. The first kappa shape index (κ1) is 4.80. The van der Waals surface area contributed by atoms with Crippen molar-refractivity contribution in [2.24, 2.45) is 11.8 Å². The summed E-state index contributed by atoms with van der Waals surface area (Å²) in [5, 5.41) is 0. The van der Waals surface area contributed by atoms with Crippen LogP contribution in [0.25, 0.3) is 0 Å². The van der Waals surface area contributed by atoms with Gasteiger partial charge in [-0.25, -0.2) is 0 Å². The molecule has 0 aromatic carbocycles. The van der Waals surface area contributed by atoms with E-state index in [9.17, 15) is 0 Å². The quantitative estimate of drug-likeness (QED) is 0.450. The second-order valence-corrected chi connectivity index (χ2v) is 3.32. The van der Waals surface area contributed by atoms with E-state index in [-0.39, 0.29) is 0 Å². The lowest BCUT2D eigenvalue weighted by Crippen LogP contribution is -2.22. The van der Waals surface area contributed by atoms with E-state index in [0.29, 0.717) is 0 Å². The number of nitrogens with zero attached hydrogens (tertiary/aromatic N) is 1. The molecule has 1 saturated carbocycles. The van der Waals surface area contributed by atoms with Gasteiger partial charge in [0.05, 0.1) is 0 Å². The Bertz CT molecular complexity index is 88.6. The third kappa shape index (κ3) is 0.510. The van der Waals surface area contributed by atoms with Gasteiger partial charge >= 0.3 is 0 Å². The summed E-state index contributed by atoms with van der Waals surface area (Å²) in [5.41, 5.74) is 0. The average Bonchev–Trinajstić information content (AvgIpc) is 1.91. The van der Waals surface area contributed by atoms with Crippen LogP contribution in [0.15, 0.2) is 0 Å². The number of likely N-dealkylation sites (tertiary alicyclic amines) is 1. The minimum absolute atomic E-state index is 1.10. The molecule has 2 aliphatic rings. The van der Waals surface area contributed by atoms with Gasteiger partial charge in [-0.15, -0.1) is 0 Å². The van der Waals surface area contributed by atoms with Crippen LogP contribution in [0.2, 0.25) is 0 Å². The Kier molecular flexibility index (Phi) is 0.884. The topological polar surface area (TPSA) is 3.24 Å². The van der Waals surface area contributed by atoms with Crippen molar-refractivity contribution in [3.05, 3.63) is 0 Å². The maximum absolute atomic E-state index is 2.46. The van der Waals surface area contributed by atoms with Crippen LogP contribution < -0.4 is 0 Å². The normalized spacial score (nSPS) is 46.1. The first-order valence-electron chi connectivity index (χ1n) is 3.55. The van der Waals surface area contributed by atoms with Crippen molar-refractivity contribution in [3.63, 3.8) is 0 Å². The summed E-state index contributed by atoms with van der Waals surface area (Å²) >= 11 is 0. The molecule has 1 heteroatoms. The molecule has 1 aliphatic carbocycles. The summed E-state index contributed by atoms with van der Waals surface area (Å²) in [5.74, 6) is 2.19. The van der Waals surface area contributed by atoms with Crippen LogP contribution in [0.1, 0.15) is 12.8 Å². The van der Waals surface area contributed by atoms with E-state index < -0.39 is 0 Å². The average molecular weight is 111 g/mol. The van der Waals surface area contributed by atoms with Gasteiger partial charge in [0.15, 0.2) is 0 Å². The molecule has 1 nitrogen and oxygen atoms in total. The number of fused-ring (bicyclic) bond motifs is 1. The Hall–Kier alpha value is -0.0400. The molecule has 0 aromatic heterocycles. The fourth-order valence-electron chi connectivity index (χ4n) is 1.99. The van der Waals surface area contributed by atoms with Crippen molar-refractivity contribution < 1.29 is 0 Å². The maximum atomic E-state index is 2.46. The number of hydrogen-bond donors (Lipinski definition) is 0. The van der Waals surface area contributed by atoms with E-state index in [0.717, 1.165) is 11.8 Å². The molecule has 1 saturated heterocycles. The van der Waals surface area contributed by atoms with E-state index in [1.807, 2.05) is 0 Å². The lowest BCUT2D eigenvalue weighted by atomic mass is 9.77. The highest BCUT2D eigenvalue weighted by molar-refractivity contribution is 4.89. The van der Waals surface area contributed by atoms with Crippen LogP contribution in [0, 0.1) is 11.8 Å². The van der Waals surface area contributed by atoms with Gasteiger partial charge in [0, 0.05) is 13.1 Å². The molecule has 2 rings (SSSR count). The monoisotopic (exact) mass is 111 g/mol. The van der Waals surface area contributed by atoms with Gasteiger partial charge in [-0.05, 0) is 31.7 Å². The Morgan fingerprint density at radius 3 is 1.88 bits per heavy atom. The molecular formula is C7H13N. The van der Waals surface area contributed by atoms with Gasteiger partial charge in [-0.1, -0.05) is 0 Å². The second kappa shape index (κ2) is 1.47. The van der Waals surface area contributed by atoms with Crippen molar-refractivity contribution in [3.8, 4) is 0 Å².